The van der Waals surface area contributed by atoms with Gasteiger partial charge in [-0.3, -0.25) is 0 Å². The maximum Gasteiger partial charge on any atom is 0.327 e. The average Bonchev–Trinajstić information content (AvgIpc) is 2.30. The first-order valence-electron chi connectivity index (χ1n) is 5.02. The molecule has 2 N–H and O–H groups in total. The van der Waals surface area contributed by atoms with Gasteiger partial charge in [0.1, 0.15) is 12.1 Å². The Morgan fingerprint density at radius 1 is 1.65 bits per heavy atom. The Kier molecular flexibility index (Phi) is 4.14. The molecule has 1 unspecified atom stereocenters. The van der Waals surface area contributed by atoms with Gasteiger partial charge in [-0.2, -0.15) is 5.26 Å². The minimum absolute atomic E-state index is 0.0636. The van der Waals surface area contributed by atoms with Crippen molar-refractivity contribution in [3.8, 4) is 18.4 Å². The van der Waals surface area contributed by atoms with Crippen LogP contribution in [0.4, 0.5) is 5.69 Å². The van der Waals surface area contributed by atoms with Crippen molar-refractivity contribution < 1.29 is 9.90 Å². The summed E-state index contributed by atoms with van der Waals surface area (Å²) in [6.45, 7) is 1.86. The molecule has 1 atom stereocenters. The third-order valence-electron chi connectivity index (χ3n) is 2.25. The second-order valence-corrected chi connectivity index (χ2v) is 3.60. The third kappa shape index (κ3) is 3.25. The highest BCUT2D eigenvalue weighted by Gasteiger charge is 2.17. The number of nitrogens with one attached hydrogen (secondary N) is 1. The van der Waals surface area contributed by atoms with Crippen LogP contribution in [0.25, 0.3) is 0 Å². The van der Waals surface area contributed by atoms with Gasteiger partial charge < -0.3 is 10.4 Å². The topological polar surface area (TPSA) is 73.1 Å². The molecule has 0 spiro atoms. The van der Waals surface area contributed by atoms with Crippen molar-refractivity contribution in [2.75, 3.05) is 5.32 Å². The number of carboxylic acids is 1. The van der Waals surface area contributed by atoms with Gasteiger partial charge in [0, 0.05) is 6.42 Å². The lowest BCUT2D eigenvalue weighted by Gasteiger charge is -2.14. The summed E-state index contributed by atoms with van der Waals surface area (Å²) in [6.07, 6.45) is 5.16. The number of hydrogen-bond donors (Lipinski definition) is 2. The summed E-state index contributed by atoms with van der Waals surface area (Å²) >= 11 is 0. The molecule has 4 heteroatoms. The number of carbonyl (C=O) groups is 1. The Labute approximate surface area is 99.9 Å². The van der Waals surface area contributed by atoms with E-state index in [1.807, 2.05) is 13.0 Å². The van der Waals surface area contributed by atoms with E-state index in [1.54, 1.807) is 18.2 Å². The zero-order chi connectivity index (χ0) is 12.8. The molecule has 0 fully saturated rings. The lowest BCUT2D eigenvalue weighted by molar-refractivity contribution is -0.137. The molecule has 1 aromatic rings. The van der Waals surface area contributed by atoms with Gasteiger partial charge in [0.25, 0.3) is 0 Å². The molecule has 17 heavy (non-hydrogen) atoms. The van der Waals surface area contributed by atoms with Crippen LogP contribution in [0.3, 0.4) is 0 Å². The van der Waals surface area contributed by atoms with Gasteiger partial charge in [0.2, 0.25) is 0 Å². The largest absolute Gasteiger partial charge is 0.480 e. The summed E-state index contributed by atoms with van der Waals surface area (Å²) in [4.78, 5) is 10.9. The van der Waals surface area contributed by atoms with Gasteiger partial charge in [-0.1, -0.05) is 6.07 Å². The predicted molar refractivity (Wildman–Crippen MR) is 64.4 cm³/mol. The molecule has 0 saturated heterocycles. The van der Waals surface area contributed by atoms with Crippen molar-refractivity contribution in [1.29, 1.82) is 5.26 Å². The van der Waals surface area contributed by atoms with E-state index >= 15 is 0 Å². The van der Waals surface area contributed by atoms with Crippen molar-refractivity contribution in [2.24, 2.45) is 0 Å². The molecule has 1 rings (SSSR count). The van der Waals surface area contributed by atoms with Gasteiger partial charge in [0.15, 0.2) is 0 Å². The zero-order valence-corrected chi connectivity index (χ0v) is 9.40. The molecule has 0 saturated carbocycles. The fourth-order valence-electron chi connectivity index (χ4n) is 1.38. The Hall–Kier alpha value is -2.46. The van der Waals surface area contributed by atoms with Crippen molar-refractivity contribution >= 4 is 11.7 Å². The number of terminal acetylenes is 1. The van der Waals surface area contributed by atoms with E-state index in [9.17, 15) is 4.79 Å². The number of rotatable bonds is 4. The highest BCUT2D eigenvalue weighted by Crippen LogP contribution is 2.18. The molecule has 0 aliphatic carbocycles. The van der Waals surface area contributed by atoms with Crippen LogP contribution in [-0.2, 0) is 4.79 Å². The quantitative estimate of drug-likeness (QED) is 0.770. The van der Waals surface area contributed by atoms with Gasteiger partial charge in [-0.15, -0.1) is 12.3 Å². The van der Waals surface area contributed by atoms with Crippen LogP contribution in [0.1, 0.15) is 17.5 Å². The van der Waals surface area contributed by atoms with Crippen LogP contribution in [0, 0.1) is 30.6 Å². The third-order valence-corrected chi connectivity index (χ3v) is 2.25. The first kappa shape index (κ1) is 12.6. The van der Waals surface area contributed by atoms with Gasteiger partial charge in [-0.05, 0) is 24.6 Å². The summed E-state index contributed by atoms with van der Waals surface area (Å²) in [7, 11) is 0. The molecule has 1 aromatic carbocycles. The lowest BCUT2D eigenvalue weighted by atomic mass is 10.1. The molecule has 0 aliphatic rings. The van der Waals surface area contributed by atoms with E-state index in [1.165, 1.54) is 0 Å². The second-order valence-electron chi connectivity index (χ2n) is 3.60. The molecular weight excluding hydrogens is 216 g/mol. The predicted octanol–water partition coefficient (Wildman–Crippen LogP) is 1.76. The average molecular weight is 228 g/mol. The highest BCUT2D eigenvalue weighted by molar-refractivity contribution is 5.78. The van der Waals surface area contributed by atoms with Crippen molar-refractivity contribution in [3.05, 3.63) is 29.3 Å². The molecule has 0 heterocycles. The van der Waals surface area contributed by atoms with Crippen molar-refractivity contribution in [2.45, 2.75) is 19.4 Å². The normalized spacial score (nSPS) is 11.0. The van der Waals surface area contributed by atoms with E-state index in [4.69, 9.17) is 16.8 Å². The number of hydrogen-bond acceptors (Lipinski definition) is 3. The molecule has 4 nitrogen and oxygen atoms in total. The number of anilines is 1. The van der Waals surface area contributed by atoms with Crippen LogP contribution in [-0.4, -0.2) is 17.1 Å². The first-order chi connectivity index (χ1) is 8.08. The van der Waals surface area contributed by atoms with Crippen molar-refractivity contribution in [1.82, 2.24) is 0 Å². The number of nitrogens with zero attached hydrogens (tertiary/aromatic N) is 1. The van der Waals surface area contributed by atoms with Gasteiger partial charge >= 0.3 is 5.97 Å². The van der Waals surface area contributed by atoms with E-state index < -0.39 is 12.0 Å². The Balaban J connectivity index is 2.98. The minimum Gasteiger partial charge on any atom is -0.480 e. The summed E-state index contributed by atoms with van der Waals surface area (Å²) in [6, 6.07) is 6.31. The number of aryl methyl sites for hydroxylation is 1. The fourth-order valence-corrected chi connectivity index (χ4v) is 1.38. The number of benzene rings is 1. The Morgan fingerprint density at radius 2 is 2.35 bits per heavy atom. The number of carboxylic acid groups (broad SMARTS) is 1. The van der Waals surface area contributed by atoms with E-state index in [2.05, 4.69) is 11.2 Å². The molecule has 0 amide bonds. The minimum atomic E-state index is -1.03. The molecule has 0 radical (unpaired) electrons. The first-order valence-corrected chi connectivity index (χ1v) is 5.02. The van der Waals surface area contributed by atoms with Gasteiger partial charge in [0.05, 0.1) is 11.3 Å². The van der Waals surface area contributed by atoms with Crippen LogP contribution < -0.4 is 5.32 Å². The molecule has 86 valence electrons. The monoisotopic (exact) mass is 228 g/mol. The van der Waals surface area contributed by atoms with Crippen LogP contribution in [0.5, 0.6) is 0 Å². The SMILES string of the molecule is C#CCC(Nc1ccc(C)cc1C#N)C(=O)O. The number of aliphatic carboxylic acids is 1. The fraction of sp³-hybridized carbons (Fsp3) is 0.231. The molecule has 0 aromatic heterocycles. The number of nitriles is 1. The van der Waals surface area contributed by atoms with Crippen molar-refractivity contribution in [3.63, 3.8) is 0 Å². The molecular formula is C13H12N2O2. The van der Waals surface area contributed by atoms with E-state index in [-0.39, 0.29) is 6.42 Å². The molecule has 0 aliphatic heterocycles. The maximum atomic E-state index is 10.9. The second kappa shape index (κ2) is 5.58. The molecule has 0 bridgehead atoms. The maximum absolute atomic E-state index is 10.9. The lowest BCUT2D eigenvalue weighted by Crippen LogP contribution is -2.29. The summed E-state index contributed by atoms with van der Waals surface area (Å²) in [5.41, 5.74) is 1.84. The van der Waals surface area contributed by atoms with Gasteiger partial charge in [-0.25, -0.2) is 4.79 Å². The summed E-state index contributed by atoms with van der Waals surface area (Å²) in [5.74, 6) is 1.26. The smallest absolute Gasteiger partial charge is 0.327 e. The zero-order valence-electron chi connectivity index (χ0n) is 9.40. The standard InChI is InChI=1S/C13H12N2O2/c1-3-4-12(13(16)17)15-11-6-5-9(2)7-10(11)8-14/h1,5-7,12,15H,4H2,2H3,(H,16,17). The van der Waals surface area contributed by atoms with Crippen LogP contribution in [0.15, 0.2) is 18.2 Å². The van der Waals surface area contributed by atoms with Crippen LogP contribution >= 0.6 is 0 Å². The Morgan fingerprint density at radius 3 is 2.88 bits per heavy atom. The highest BCUT2D eigenvalue weighted by atomic mass is 16.4. The summed E-state index contributed by atoms with van der Waals surface area (Å²) in [5, 5.41) is 20.7. The van der Waals surface area contributed by atoms with E-state index in [0.29, 0.717) is 11.3 Å². The van der Waals surface area contributed by atoms with E-state index in [0.717, 1.165) is 5.56 Å². The summed E-state index contributed by atoms with van der Waals surface area (Å²) < 4.78 is 0. The van der Waals surface area contributed by atoms with Crippen LogP contribution in [0.2, 0.25) is 0 Å². The Bertz CT molecular complexity index is 509.